The fourth-order valence-corrected chi connectivity index (χ4v) is 3.69. The second-order valence-electron chi connectivity index (χ2n) is 5.19. The number of hydrogen-bond donors (Lipinski definition) is 0. The maximum absolute atomic E-state index is 13.0. The molecule has 0 N–H and O–H groups in total. The first-order chi connectivity index (χ1) is 11.5. The largest absolute Gasteiger partial charge is 0.299 e. The highest BCUT2D eigenvalue weighted by Crippen LogP contribution is 2.34. The Balaban J connectivity index is 1.84. The van der Waals surface area contributed by atoms with Crippen molar-refractivity contribution in [2.45, 2.75) is 18.9 Å². The molecule has 0 unspecified atom stereocenters. The molecule has 2 heterocycles. The molecule has 0 aliphatic rings. The van der Waals surface area contributed by atoms with E-state index in [4.69, 9.17) is 0 Å². The van der Waals surface area contributed by atoms with Crippen LogP contribution in [-0.2, 0) is 4.79 Å². The van der Waals surface area contributed by atoms with Crippen molar-refractivity contribution in [2.75, 3.05) is 5.75 Å². The zero-order valence-corrected chi connectivity index (χ0v) is 14.7. The van der Waals surface area contributed by atoms with Crippen LogP contribution in [0.15, 0.2) is 41.4 Å². The normalized spacial score (nSPS) is 10.8. The first-order valence-electron chi connectivity index (χ1n) is 7.22. The molecule has 0 fully saturated rings. The zero-order valence-electron chi connectivity index (χ0n) is 13.1. The van der Waals surface area contributed by atoms with E-state index in [0.29, 0.717) is 5.75 Å². The van der Waals surface area contributed by atoms with E-state index in [-0.39, 0.29) is 11.6 Å². The average molecular weight is 359 g/mol. The number of rotatable bonds is 5. The third-order valence-corrected chi connectivity index (χ3v) is 5.48. The molecule has 3 aromatic rings. The number of thiazole rings is 1. The molecule has 1 aromatic carbocycles. The topological polar surface area (TPSA) is 55.7 Å². The van der Waals surface area contributed by atoms with Gasteiger partial charge in [0.2, 0.25) is 0 Å². The number of aryl methyl sites for hydroxylation is 1. The minimum Gasteiger partial charge on any atom is -0.299 e. The molecule has 24 heavy (non-hydrogen) atoms. The van der Waals surface area contributed by atoms with E-state index < -0.39 is 0 Å². The zero-order chi connectivity index (χ0) is 17.1. The van der Waals surface area contributed by atoms with Gasteiger partial charge in [-0.25, -0.2) is 9.37 Å². The van der Waals surface area contributed by atoms with Crippen LogP contribution in [0.5, 0.6) is 0 Å². The van der Waals surface area contributed by atoms with Gasteiger partial charge in [0, 0.05) is 5.56 Å². The van der Waals surface area contributed by atoms with Gasteiger partial charge in [-0.2, -0.15) is 0 Å². The van der Waals surface area contributed by atoms with Gasteiger partial charge in [-0.05, 0) is 50.2 Å². The van der Waals surface area contributed by atoms with Crippen LogP contribution < -0.4 is 0 Å². The molecule has 0 radical (unpaired) electrons. The summed E-state index contributed by atoms with van der Waals surface area (Å²) < 4.78 is 13.0. The van der Waals surface area contributed by atoms with Gasteiger partial charge in [-0.1, -0.05) is 11.8 Å². The molecular formula is C17H14FN3OS2. The predicted octanol–water partition coefficient (Wildman–Crippen LogP) is 4.40. The molecule has 0 atom stereocenters. The third-order valence-electron chi connectivity index (χ3n) is 3.18. The van der Waals surface area contributed by atoms with Gasteiger partial charge in [-0.3, -0.25) is 4.79 Å². The quantitative estimate of drug-likeness (QED) is 0.632. The van der Waals surface area contributed by atoms with Gasteiger partial charge in [0.25, 0.3) is 0 Å². The summed E-state index contributed by atoms with van der Waals surface area (Å²) >= 11 is 2.87. The number of halogens is 1. The van der Waals surface area contributed by atoms with Crippen molar-refractivity contribution in [1.29, 1.82) is 0 Å². The Morgan fingerprint density at radius 3 is 2.54 bits per heavy atom. The van der Waals surface area contributed by atoms with Crippen LogP contribution in [0.4, 0.5) is 4.39 Å². The standard InChI is InChI=1S/C17H14FN3OS2/c1-10(22)9-23-15-8-7-14(20-21-15)16-11(2)19-17(24-16)12-3-5-13(18)6-4-12/h3-8H,9H2,1-2H3. The fraction of sp³-hybridized carbons (Fsp3) is 0.176. The first kappa shape index (κ1) is 16.7. The Labute approximate surface area is 147 Å². The lowest BCUT2D eigenvalue weighted by Crippen LogP contribution is -1.95. The van der Waals surface area contributed by atoms with Gasteiger partial charge in [-0.15, -0.1) is 21.5 Å². The van der Waals surface area contributed by atoms with Crippen molar-refractivity contribution in [3.63, 3.8) is 0 Å². The Kier molecular flexibility index (Phi) is 5.01. The molecule has 0 saturated heterocycles. The van der Waals surface area contributed by atoms with E-state index in [0.717, 1.165) is 31.9 Å². The summed E-state index contributed by atoms with van der Waals surface area (Å²) in [5, 5.41) is 9.93. The molecule has 3 rings (SSSR count). The van der Waals surface area contributed by atoms with E-state index in [1.165, 1.54) is 35.2 Å². The van der Waals surface area contributed by atoms with Gasteiger partial charge in [0.15, 0.2) is 0 Å². The number of carbonyl (C=O) groups is 1. The average Bonchev–Trinajstić information content (AvgIpc) is 2.96. The van der Waals surface area contributed by atoms with Gasteiger partial charge < -0.3 is 0 Å². The molecule has 2 aromatic heterocycles. The Hall–Kier alpha value is -2.12. The van der Waals surface area contributed by atoms with E-state index in [2.05, 4.69) is 15.2 Å². The smallest absolute Gasteiger partial charge is 0.140 e. The summed E-state index contributed by atoms with van der Waals surface area (Å²) in [7, 11) is 0. The molecule has 0 bridgehead atoms. The van der Waals surface area contributed by atoms with E-state index in [1.807, 2.05) is 19.1 Å². The number of Topliss-reactive ketones (excluding diaryl/α,β-unsaturated/α-hetero) is 1. The van der Waals surface area contributed by atoms with Crippen LogP contribution in [0.25, 0.3) is 21.1 Å². The summed E-state index contributed by atoms with van der Waals surface area (Å²) in [5.74, 6) is 0.229. The number of aromatic nitrogens is 3. The van der Waals surface area contributed by atoms with Crippen molar-refractivity contribution < 1.29 is 9.18 Å². The molecule has 0 aliphatic heterocycles. The predicted molar refractivity (Wildman–Crippen MR) is 94.7 cm³/mol. The van der Waals surface area contributed by atoms with Crippen molar-refractivity contribution >= 4 is 28.9 Å². The van der Waals surface area contributed by atoms with Crippen molar-refractivity contribution in [2.24, 2.45) is 0 Å². The molecule has 0 spiro atoms. The molecule has 0 saturated carbocycles. The van der Waals surface area contributed by atoms with E-state index in [1.54, 1.807) is 19.1 Å². The molecule has 4 nitrogen and oxygen atoms in total. The highest BCUT2D eigenvalue weighted by Gasteiger charge is 2.13. The second kappa shape index (κ2) is 7.19. The summed E-state index contributed by atoms with van der Waals surface area (Å²) in [6, 6.07) is 10.0. The lowest BCUT2D eigenvalue weighted by molar-refractivity contribution is -0.114. The summed E-state index contributed by atoms with van der Waals surface area (Å²) in [5.41, 5.74) is 2.47. The molecule has 7 heteroatoms. The first-order valence-corrected chi connectivity index (χ1v) is 9.03. The fourth-order valence-electron chi connectivity index (χ4n) is 2.04. The molecule has 122 valence electrons. The van der Waals surface area contributed by atoms with E-state index in [9.17, 15) is 9.18 Å². The SMILES string of the molecule is CC(=O)CSc1ccc(-c2sc(-c3ccc(F)cc3)nc2C)nn1. The van der Waals surface area contributed by atoms with Crippen LogP contribution in [-0.4, -0.2) is 26.7 Å². The molecule has 0 amide bonds. The number of benzene rings is 1. The number of thioether (sulfide) groups is 1. The summed E-state index contributed by atoms with van der Waals surface area (Å²) in [6.07, 6.45) is 0. The summed E-state index contributed by atoms with van der Waals surface area (Å²) in [6.45, 7) is 3.46. The van der Waals surface area contributed by atoms with Crippen LogP contribution >= 0.6 is 23.1 Å². The van der Waals surface area contributed by atoms with E-state index >= 15 is 0 Å². The Bertz CT molecular complexity index is 861. The van der Waals surface area contributed by atoms with Gasteiger partial charge in [0.05, 0.1) is 16.3 Å². The monoisotopic (exact) mass is 359 g/mol. The highest BCUT2D eigenvalue weighted by molar-refractivity contribution is 7.99. The maximum atomic E-state index is 13.0. The maximum Gasteiger partial charge on any atom is 0.140 e. The van der Waals surface area contributed by atoms with Crippen LogP contribution in [0, 0.1) is 12.7 Å². The van der Waals surface area contributed by atoms with Crippen molar-refractivity contribution in [1.82, 2.24) is 15.2 Å². The number of nitrogens with zero attached hydrogens (tertiary/aromatic N) is 3. The van der Waals surface area contributed by atoms with Crippen LogP contribution in [0.1, 0.15) is 12.6 Å². The third kappa shape index (κ3) is 3.85. The van der Waals surface area contributed by atoms with Gasteiger partial charge in [0.1, 0.15) is 27.3 Å². The Morgan fingerprint density at radius 1 is 1.17 bits per heavy atom. The lowest BCUT2D eigenvalue weighted by Gasteiger charge is -2.00. The lowest BCUT2D eigenvalue weighted by atomic mass is 10.2. The van der Waals surface area contributed by atoms with Crippen molar-refractivity contribution in [3.05, 3.63) is 47.9 Å². The Morgan fingerprint density at radius 2 is 1.92 bits per heavy atom. The highest BCUT2D eigenvalue weighted by atomic mass is 32.2. The minimum absolute atomic E-state index is 0.105. The second-order valence-corrected chi connectivity index (χ2v) is 7.18. The number of hydrogen-bond acceptors (Lipinski definition) is 6. The molecular weight excluding hydrogens is 345 g/mol. The summed E-state index contributed by atoms with van der Waals surface area (Å²) in [4.78, 5) is 16.5. The van der Waals surface area contributed by atoms with Crippen molar-refractivity contribution in [3.8, 4) is 21.1 Å². The number of ketones is 1. The number of carbonyl (C=O) groups excluding carboxylic acids is 1. The minimum atomic E-state index is -0.267. The molecule has 0 aliphatic carbocycles. The van der Waals surface area contributed by atoms with Crippen LogP contribution in [0.2, 0.25) is 0 Å². The van der Waals surface area contributed by atoms with Crippen LogP contribution in [0.3, 0.4) is 0 Å². The van der Waals surface area contributed by atoms with Gasteiger partial charge >= 0.3 is 0 Å².